The van der Waals surface area contributed by atoms with Crippen LogP contribution in [0, 0.1) is 11.3 Å². The monoisotopic (exact) mass is 409 g/mol. The smallest absolute Gasteiger partial charge is 0.469 e. The van der Waals surface area contributed by atoms with E-state index >= 15 is 0 Å². The largest absolute Gasteiger partial charge is 0.500 e. The minimum atomic E-state index is -3.69. The van der Waals surface area contributed by atoms with Gasteiger partial charge in [0.25, 0.3) is 5.91 Å². The molecule has 1 fully saturated rings. The maximum Gasteiger partial charge on any atom is 0.500 e. The molecule has 1 aliphatic heterocycles. The molecule has 27 heavy (non-hydrogen) atoms. The zero-order valence-corrected chi connectivity index (χ0v) is 17.5. The number of hydrogen-bond donors (Lipinski definition) is 3. The van der Waals surface area contributed by atoms with Gasteiger partial charge in [-0.2, -0.15) is 9.42 Å². The highest BCUT2D eigenvalue weighted by atomic mass is 31.2. The third-order valence-electron chi connectivity index (χ3n) is 4.09. The van der Waals surface area contributed by atoms with Crippen molar-refractivity contribution in [1.29, 1.82) is 0 Å². The molecule has 156 valence electrons. The van der Waals surface area contributed by atoms with Crippen LogP contribution in [0.5, 0.6) is 0 Å². The minimum Gasteiger partial charge on any atom is -0.469 e. The summed E-state index contributed by atoms with van der Waals surface area (Å²) >= 11 is 0. The highest BCUT2D eigenvalue weighted by molar-refractivity contribution is 7.58. The third kappa shape index (κ3) is 6.65. The Hall–Kier alpha value is -1.32. The fourth-order valence-electron chi connectivity index (χ4n) is 2.38. The lowest BCUT2D eigenvalue weighted by Gasteiger charge is -2.38. The summed E-state index contributed by atoms with van der Waals surface area (Å²) in [5.74, 6) is -1.73. The first-order valence-corrected chi connectivity index (χ1v) is 10.2. The predicted octanol–water partition coefficient (Wildman–Crippen LogP) is 0.564. The zero-order chi connectivity index (χ0) is 20.8. The first-order valence-electron chi connectivity index (χ1n) is 8.60. The standard InChI is InChI=1S/C16H29N2O8P/c1-10(2)12(15(21)24-6)18-27(22)25-9-16(3,4)13(26-27)14(20)17-8-7-11(19)23-5/h10,12-13,18,22H,7-9H2,1-6H3/p+1/t12-,13-,27?/m0/s1. The average molecular weight is 409 g/mol. The molecule has 1 rings (SSSR count). The number of ether oxygens (including phenoxy) is 2. The number of methoxy groups -OCH3 is 2. The van der Waals surface area contributed by atoms with Gasteiger partial charge in [-0.15, -0.1) is 9.61 Å². The normalized spacial score (nSPS) is 25.6. The zero-order valence-electron chi connectivity index (χ0n) is 16.6. The van der Waals surface area contributed by atoms with Gasteiger partial charge in [0.15, 0.2) is 6.10 Å². The first kappa shape index (κ1) is 23.7. The number of amides is 1. The van der Waals surface area contributed by atoms with Crippen molar-refractivity contribution >= 4 is 25.9 Å². The number of esters is 2. The van der Waals surface area contributed by atoms with Gasteiger partial charge in [0.05, 0.1) is 20.6 Å². The van der Waals surface area contributed by atoms with Crippen molar-refractivity contribution in [1.82, 2.24) is 10.4 Å². The van der Waals surface area contributed by atoms with Gasteiger partial charge in [0, 0.05) is 12.0 Å². The van der Waals surface area contributed by atoms with Crippen molar-refractivity contribution in [3.05, 3.63) is 0 Å². The maximum atomic E-state index is 12.5. The SMILES string of the molecule is COC(=O)CCNC(=O)[C@@H]1O[P+](O)(N[C@H](C(=O)OC)C(C)C)OCC1(C)C. The second-order valence-electron chi connectivity index (χ2n) is 7.26. The van der Waals surface area contributed by atoms with E-state index in [1.165, 1.54) is 14.2 Å². The molecule has 0 radical (unpaired) electrons. The second kappa shape index (κ2) is 9.75. The fourth-order valence-corrected chi connectivity index (χ4v) is 4.50. The molecule has 11 heteroatoms. The van der Waals surface area contributed by atoms with Gasteiger partial charge in [-0.1, -0.05) is 27.7 Å². The number of carbonyl (C=O) groups is 3. The van der Waals surface area contributed by atoms with Crippen LogP contribution in [0.1, 0.15) is 34.1 Å². The van der Waals surface area contributed by atoms with Crippen LogP contribution < -0.4 is 10.4 Å². The molecule has 0 spiro atoms. The van der Waals surface area contributed by atoms with Crippen LogP contribution in [0.25, 0.3) is 0 Å². The summed E-state index contributed by atoms with van der Waals surface area (Å²) in [5.41, 5.74) is -0.734. The quantitative estimate of drug-likeness (QED) is 0.389. The molecular weight excluding hydrogens is 379 g/mol. The molecule has 0 aromatic carbocycles. The molecule has 1 heterocycles. The van der Waals surface area contributed by atoms with Gasteiger partial charge in [-0.3, -0.25) is 14.4 Å². The van der Waals surface area contributed by atoms with Crippen LogP contribution in [0.2, 0.25) is 0 Å². The van der Waals surface area contributed by atoms with E-state index in [4.69, 9.17) is 13.8 Å². The lowest BCUT2D eigenvalue weighted by atomic mass is 9.87. The lowest BCUT2D eigenvalue weighted by Crippen LogP contribution is -2.53. The molecule has 0 aromatic rings. The number of hydrogen-bond acceptors (Lipinski definition) is 9. The van der Waals surface area contributed by atoms with Crippen LogP contribution >= 0.6 is 8.09 Å². The van der Waals surface area contributed by atoms with E-state index in [0.717, 1.165) is 0 Å². The second-order valence-corrected chi connectivity index (χ2v) is 9.03. The molecular formula is C16H30N2O8P+. The van der Waals surface area contributed by atoms with Crippen LogP contribution in [0.3, 0.4) is 0 Å². The Labute approximate surface area is 159 Å². The van der Waals surface area contributed by atoms with Crippen molar-refractivity contribution in [3.63, 3.8) is 0 Å². The fraction of sp³-hybridized carbons (Fsp3) is 0.812. The van der Waals surface area contributed by atoms with Crippen molar-refractivity contribution in [2.75, 3.05) is 27.4 Å². The summed E-state index contributed by atoms with van der Waals surface area (Å²) in [6.45, 7) is 7.15. The van der Waals surface area contributed by atoms with E-state index in [2.05, 4.69) is 15.1 Å². The highest BCUT2D eigenvalue weighted by Crippen LogP contribution is 2.60. The Balaban J connectivity index is 2.84. The lowest BCUT2D eigenvalue weighted by molar-refractivity contribution is -0.145. The van der Waals surface area contributed by atoms with E-state index in [1.54, 1.807) is 27.7 Å². The van der Waals surface area contributed by atoms with Gasteiger partial charge in [0.1, 0.15) is 12.6 Å². The third-order valence-corrected chi connectivity index (χ3v) is 5.67. The molecule has 1 unspecified atom stereocenters. The molecule has 0 saturated carbocycles. The van der Waals surface area contributed by atoms with Crippen molar-refractivity contribution in [3.8, 4) is 0 Å². The van der Waals surface area contributed by atoms with E-state index in [0.29, 0.717) is 0 Å². The highest BCUT2D eigenvalue weighted by Gasteiger charge is 2.59. The van der Waals surface area contributed by atoms with E-state index in [9.17, 15) is 19.3 Å². The summed E-state index contributed by atoms with van der Waals surface area (Å²) < 4.78 is 20.3. The Morgan fingerprint density at radius 2 is 1.89 bits per heavy atom. The Bertz CT molecular complexity index is 557. The summed E-state index contributed by atoms with van der Waals surface area (Å²) in [6.07, 6.45) is -1.03. The van der Waals surface area contributed by atoms with Crippen molar-refractivity contribution < 1.29 is 37.8 Å². The molecule has 3 N–H and O–H groups in total. The van der Waals surface area contributed by atoms with Gasteiger partial charge >= 0.3 is 20.0 Å². The minimum absolute atomic E-state index is 0.0152. The van der Waals surface area contributed by atoms with Gasteiger partial charge in [0.2, 0.25) is 0 Å². The van der Waals surface area contributed by atoms with E-state index in [-0.39, 0.29) is 25.5 Å². The molecule has 3 atom stereocenters. The number of rotatable bonds is 8. The summed E-state index contributed by atoms with van der Waals surface area (Å²) in [6, 6.07) is -0.863. The van der Waals surface area contributed by atoms with Crippen molar-refractivity contribution in [2.45, 2.75) is 46.3 Å². The molecule has 1 amide bonds. The molecule has 1 aliphatic rings. The maximum absolute atomic E-state index is 12.5. The summed E-state index contributed by atoms with van der Waals surface area (Å²) in [5, 5.41) is 5.27. The molecule has 0 aromatic heterocycles. The van der Waals surface area contributed by atoms with Crippen LogP contribution in [-0.2, 0) is 32.9 Å². The van der Waals surface area contributed by atoms with E-state index < -0.39 is 43.5 Å². The molecule has 0 aliphatic carbocycles. The van der Waals surface area contributed by atoms with Gasteiger partial charge < -0.3 is 14.8 Å². The van der Waals surface area contributed by atoms with Crippen LogP contribution in [0.4, 0.5) is 0 Å². The molecule has 10 nitrogen and oxygen atoms in total. The van der Waals surface area contributed by atoms with Gasteiger partial charge in [-0.25, -0.2) is 0 Å². The van der Waals surface area contributed by atoms with Gasteiger partial charge in [-0.05, 0) is 5.92 Å². The Kier molecular flexibility index (Phi) is 8.56. The van der Waals surface area contributed by atoms with Crippen LogP contribution in [-0.4, -0.2) is 62.3 Å². The average Bonchev–Trinajstić information content (AvgIpc) is 2.61. The van der Waals surface area contributed by atoms with Crippen molar-refractivity contribution in [2.24, 2.45) is 11.3 Å². The Morgan fingerprint density at radius 3 is 2.41 bits per heavy atom. The van der Waals surface area contributed by atoms with E-state index in [1.807, 2.05) is 0 Å². The molecule has 1 saturated heterocycles. The summed E-state index contributed by atoms with van der Waals surface area (Å²) in [4.78, 5) is 46.4. The number of carbonyl (C=O) groups excluding carboxylic acids is 3. The predicted molar refractivity (Wildman–Crippen MR) is 97.2 cm³/mol. The summed E-state index contributed by atoms with van der Waals surface area (Å²) in [7, 11) is -1.19. The first-order chi connectivity index (χ1) is 12.5. The Morgan fingerprint density at radius 1 is 1.26 bits per heavy atom. The van der Waals surface area contributed by atoms with Crippen LogP contribution in [0.15, 0.2) is 0 Å². The number of nitrogens with one attached hydrogen (secondary N) is 2. The topological polar surface area (TPSA) is 132 Å². The molecule has 0 bridgehead atoms.